The number of fused-ring (bicyclic) bond motifs is 3. The van der Waals surface area contributed by atoms with Crippen molar-refractivity contribution in [3.63, 3.8) is 0 Å². The third kappa shape index (κ3) is 2.10. The van der Waals surface area contributed by atoms with E-state index in [9.17, 15) is 4.79 Å². The second-order valence-corrected chi connectivity index (χ2v) is 5.34. The van der Waals surface area contributed by atoms with Crippen molar-refractivity contribution in [2.75, 3.05) is 5.32 Å². The molecule has 3 aromatic rings. The summed E-state index contributed by atoms with van der Waals surface area (Å²) in [7, 11) is 0. The highest BCUT2D eigenvalue weighted by atomic mass is 79.9. The summed E-state index contributed by atoms with van der Waals surface area (Å²) in [5.74, 6) is -0.0627. The first kappa shape index (κ1) is 12.2. The second kappa shape index (κ2) is 4.67. The topological polar surface area (TPSA) is 29.1 Å². The minimum Gasteiger partial charge on any atom is -0.326 e. The van der Waals surface area contributed by atoms with Crippen LogP contribution in [-0.4, -0.2) is 5.91 Å². The van der Waals surface area contributed by atoms with Crippen LogP contribution in [0.3, 0.4) is 0 Å². The number of carbonyl (C=O) groups excluding carboxylic acids is 1. The van der Waals surface area contributed by atoms with Crippen molar-refractivity contribution in [2.45, 2.75) is 6.92 Å². The first-order chi connectivity index (χ1) is 9.16. The van der Waals surface area contributed by atoms with E-state index in [0.717, 1.165) is 26.3 Å². The average molecular weight is 314 g/mol. The maximum atomic E-state index is 11.4. The Bertz CT molecular complexity index is 795. The summed E-state index contributed by atoms with van der Waals surface area (Å²) < 4.78 is 0.986. The molecule has 1 N–H and O–H groups in total. The number of amides is 1. The molecule has 0 heterocycles. The lowest BCUT2D eigenvalue weighted by Crippen LogP contribution is -2.06. The molecule has 0 radical (unpaired) electrons. The maximum absolute atomic E-state index is 11.4. The van der Waals surface area contributed by atoms with Crippen molar-refractivity contribution < 1.29 is 4.79 Å². The van der Waals surface area contributed by atoms with E-state index in [1.54, 1.807) is 0 Å². The lowest BCUT2D eigenvalue weighted by molar-refractivity contribution is -0.114. The number of halogens is 1. The number of nitrogens with one attached hydrogen (secondary N) is 1. The van der Waals surface area contributed by atoms with Gasteiger partial charge >= 0.3 is 0 Å². The second-order valence-electron chi connectivity index (χ2n) is 4.49. The van der Waals surface area contributed by atoms with Gasteiger partial charge in [0, 0.05) is 16.8 Å². The molecule has 0 aliphatic rings. The summed E-state index contributed by atoms with van der Waals surface area (Å²) in [6.07, 6.45) is 0. The predicted octanol–water partition coefficient (Wildman–Crippen LogP) is 4.71. The highest BCUT2D eigenvalue weighted by Crippen LogP contribution is 2.36. The van der Waals surface area contributed by atoms with Crippen molar-refractivity contribution in [2.24, 2.45) is 0 Å². The number of benzene rings is 3. The van der Waals surface area contributed by atoms with Gasteiger partial charge in [-0.3, -0.25) is 4.79 Å². The molecule has 3 rings (SSSR count). The highest BCUT2D eigenvalue weighted by Gasteiger charge is 2.09. The van der Waals surface area contributed by atoms with Gasteiger partial charge in [0.25, 0.3) is 0 Å². The Morgan fingerprint density at radius 1 is 1.05 bits per heavy atom. The van der Waals surface area contributed by atoms with Gasteiger partial charge in [-0.15, -0.1) is 0 Å². The number of carbonyl (C=O) groups is 1. The predicted molar refractivity (Wildman–Crippen MR) is 83.5 cm³/mol. The van der Waals surface area contributed by atoms with E-state index in [2.05, 4.69) is 39.4 Å². The van der Waals surface area contributed by atoms with Gasteiger partial charge in [0.15, 0.2) is 0 Å². The van der Waals surface area contributed by atoms with Gasteiger partial charge in [-0.05, 0) is 28.3 Å². The molecule has 3 heteroatoms. The van der Waals surface area contributed by atoms with E-state index < -0.39 is 0 Å². The molecule has 0 saturated carbocycles. The maximum Gasteiger partial charge on any atom is 0.221 e. The first-order valence-corrected chi connectivity index (χ1v) is 6.83. The number of hydrogen-bond donors (Lipinski definition) is 1. The highest BCUT2D eigenvalue weighted by molar-refractivity contribution is 9.10. The molecule has 94 valence electrons. The van der Waals surface area contributed by atoms with Crippen LogP contribution in [0.5, 0.6) is 0 Å². The number of hydrogen-bond acceptors (Lipinski definition) is 1. The molecule has 0 aliphatic carbocycles. The van der Waals surface area contributed by atoms with E-state index in [1.807, 2.05) is 30.3 Å². The van der Waals surface area contributed by atoms with Gasteiger partial charge in [0.1, 0.15) is 0 Å². The average Bonchev–Trinajstić information content (AvgIpc) is 2.38. The van der Waals surface area contributed by atoms with Crippen molar-refractivity contribution in [3.05, 3.63) is 53.0 Å². The zero-order valence-electron chi connectivity index (χ0n) is 10.4. The normalized spacial score (nSPS) is 10.8. The summed E-state index contributed by atoms with van der Waals surface area (Å²) in [4.78, 5) is 11.4. The van der Waals surface area contributed by atoms with Crippen LogP contribution in [0, 0.1) is 0 Å². The molecule has 0 aromatic heterocycles. The Labute approximate surface area is 119 Å². The molecule has 0 aliphatic heterocycles. The summed E-state index contributed by atoms with van der Waals surface area (Å²) >= 11 is 3.57. The minimum absolute atomic E-state index is 0.0627. The molecule has 0 bridgehead atoms. The molecule has 0 saturated heterocycles. The fraction of sp³-hybridized carbons (Fsp3) is 0.0625. The van der Waals surface area contributed by atoms with Gasteiger partial charge in [-0.1, -0.05) is 52.3 Å². The summed E-state index contributed by atoms with van der Waals surface area (Å²) in [5.41, 5.74) is 0.841. The first-order valence-electron chi connectivity index (χ1n) is 6.04. The molecule has 1 amide bonds. The summed E-state index contributed by atoms with van der Waals surface area (Å²) in [5, 5.41) is 7.40. The van der Waals surface area contributed by atoms with Crippen LogP contribution in [0.4, 0.5) is 5.69 Å². The summed E-state index contributed by atoms with van der Waals surface area (Å²) in [6.45, 7) is 1.53. The number of rotatable bonds is 1. The Morgan fingerprint density at radius 2 is 1.79 bits per heavy atom. The quantitative estimate of drug-likeness (QED) is 0.647. The smallest absolute Gasteiger partial charge is 0.221 e. The van der Waals surface area contributed by atoms with E-state index in [-0.39, 0.29) is 5.91 Å². The van der Waals surface area contributed by atoms with Gasteiger partial charge in [-0.25, -0.2) is 0 Å². The van der Waals surface area contributed by atoms with Crippen LogP contribution in [0.2, 0.25) is 0 Å². The van der Waals surface area contributed by atoms with Crippen LogP contribution < -0.4 is 5.32 Å². The van der Waals surface area contributed by atoms with Crippen molar-refractivity contribution in [1.82, 2.24) is 0 Å². The zero-order valence-corrected chi connectivity index (χ0v) is 12.0. The van der Waals surface area contributed by atoms with Gasteiger partial charge < -0.3 is 5.32 Å². The third-order valence-corrected chi connectivity index (χ3v) is 3.81. The van der Waals surface area contributed by atoms with Crippen molar-refractivity contribution >= 4 is 49.1 Å². The zero-order chi connectivity index (χ0) is 13.4. The Balaban J connectivity index is 2.48. The van der Waals surface area contributed by atoms with Crippen LogP contribution in [0.25, 0.3) is 21.5 Å². The van der Waals surface area contributed by atoms with E-state index in [4.69, 9.17) is 0 Å². The van der Waals surface area contributed by atoms with E-state index >= 15 is 0 Å². The van der Waals surface area contributed by atoms with Crippen LogP contribution >= 0.6 is 15.9 Å². The molecule has 0 fully saturated rings. The Hall–Kier alpha value is -1.87. The molecular weight excluding hydrogens is 302 g/mol. The minimum atomic E-state index is -0.0627. The molecule has 2 nitrogen and oxygen atoms in total. The van der Waals surface area contributed by atoms with E-state index in [0.29, 0.717) is 0 Å². The lowest BCUT2D eigenvalue weighted by Gasteiger charge is -2.12. The SMILES string of the molecule is CC(=O)Nc1cc2ccccc2c2cccc(Br)c12. The van der Waals surface area contributed by atoms with Gasteiger partial charge in [0.2, 0.25) is 5.91 Å². The molecule has 0 spiro atoms. The van der Waals surface area contributed by atoms with Crippen LogP contribution in [0.1, 0.15) is 6.92 Å². The Morgan fingerprint density at radius 3 is 2.58 bits per heavy atom. The standard InChI is InChI=1S/C16H12BrNO/c1-10(19)18-15-9-11-5-2-3-6-12(11)13-7-4-8-14(17)16(13)15/h2-9H,1H3,(H,18,19). The van der Waals surface area contributed by atoms with Crippen molar-refractivity contribution in [1.29, 1.82) is 0 Å². The van der Waals surface area contributed by atoms with Crippen molar-refractivity contribution in [3.8, 4) is 0 Å². The fourth-order valence-corrected chi connectivity index (χ4v) is 2.99. The van der Waals surface area contributed by atoms with Crippen LogP contribution in [-0.2, 0) is 4.79 Å². The molecule has 0 unspecified atom stereocenters. The lowest BCUT2D eigenvalue weighted by atomic mass is 10.0. The Kier molecular flexibility index (Phi) is 2.99. The number of anilines is 1. The molecule has 19 heavy (non-hydrogen) atoms. The van der Waals surface area contributed by atoms with Crippen LogP contribution in [0.15, 0.2) is 53.0 Å². The van der Waals surface area contributed by atoms with Gasteiger partial charge in [-0.2, -0.15) is 0 Å². The van der Waals surface area contributed by atoms with E-state index in [1.165, 1.54) is 12.3 Å². The molecule has 0 atom stereocenters. The monoisotopic (exact) mass is 313 g/mol. The third-order valence-electron chi connectivity index (χ3n) is 3.14. The molecular formula is C16H12BrNO. The largest absolute Gasteiger partial charge is 0.326 e. The fourth-order valence-electron chi connectivity index (χ4n) is 2.41. The van der Waals surface area contributed by atoms with Gasteiger partial charge in [0.05, 0.1) is 5.69 Å². The summed E-state index contributed by atoms with van der Waals surface area (Å²) in [6, 6.07) is 16.3. The molecule has 3 aromatic carbocycles.